The number of aromatic hydroxyl groups is 1. The number of carbonyl (C=O) groups excluding carboxylic acids is 3. The molecular weight excluding hydrogens is 266 g/mol. The molecule has 1 rings (SSSR count). The average Bonchev–Trinajstić information content (AvgIpc) is 2.45. The molecule has 0 fully saturated rings. The van der Waals surface area contributed by atoms with Gasteiger partial charge in [0.15, 0.2) is 0 Å². The lowest BCUT2D eigenvalue weighted by Gasteiger charge is -2.08. The summed E-state index contributed by atoms with van der Waals surface area (Å²) >= 11 is 0. The Hall–Kier alpha value is -2.57. The van der Waals surface area contributed by atoms with Crippen molar-refractivity contribution in [3.8, 4) is 5.75 Å². The van der Waals surface area contributed by atoms with Crippen molar-refractivity contribution in [1.29, 1.82) is 0 Å². The second kappa shape index (κ2) is 7.13. The van der Waals surface area contributed by atoms with Crippen molar-refractivity contribution in [1.82, 2.24) is 0 Å². The summed E-state index contributed by atoms with van der Waals surface area (Å²) in [5.41, 5.74) is 0.310. The third-order valence-electron chi connectivity index (χ3n) is 2.48. The Morgan fingerprint density at radius 3 is 2.40 bits per heavy atom. The van der Waals surface area contributed by atoms with Gasteiger partial charge in [0.25, 0.3) is 0 Å². The number of hydrogen-bond acceptors (Lipinski definition) is 6. The van der Waals surface area contributed by atoms with Crippen LogP contribution in [0.1, 0.15) is 23.2 Å². The highest BCUT2D eigenvalue weighted by atomic mass is 16.5. The second-order valence-electron chi connectivity index (χ2n) is 3.85. The minimum absolute atomic E-state index is 0.0522. The van der Waals surface area contributed by atoms with Crippen molar-refractivity contribution < 1.29 is 29.0 Å². The zero-order chi connectivity index (χ0) is 15.1. The lowest BCUT2D eigenvalue weighted by molar-refractivity contribution is -0.141. The van der Waals surface area contributed by atoms with E-state index < -0.39 is 17.8 Å². The highest BCUT2D eigenvalue weighted by molar-refractivity contribution is 5.95. The molecule has 0 radical (unpaired) electrons. The first kappa shape index (κ1) is 15.5. The third-order valence-corrected chi connectivity index (χ3v) is 2.48. The molecule has 0 unspecified atom stereocenters. The summed E-state index contributed by atoms with van der Waals surface area (Å²) in [6.45, 7) is 0. The minimum Gasteiger partial charge on any atom is -0.506 e. The molecule has 0 bridgehead atoms. The van der Waals surface area contributed by atoms with E-state index in [-0.39, 0.29) is 29.8 Å². The molecule has 0 heterocycles. The van der Waals surface area contributed by atoms with Gasteiger partial charge < -0.3 is 19.9 Å². The first-order valence-corrected chi connectivity index (χ1v) is 5.76. The molecular formula is C13H15NO6. The first-order chi connectivity index (χ1) is 9.47. The lowest BCUT2D eigenvalue weighted by Crippen LogP contribution is -2.14. The number of hydrogen-bond donors (Lipinski definition) is 2. The van der Waals surface area contributed by atoms with Crippen LogP contribution in [0.15, 0.2) is 18.2 Å². The van der Waals surface area contributed by atoms with Crippen molar-refractivity contribution in [2.75, 3.05) is 19.5 Å². The average molecular weight is 281 g/mol. The topological polar surface area (TPSA) is 102 Å². The fraction of sp³-hybridized carbons (Fsp3) is 0.308. The van der Waals surface area contributed by atoms with Gasteiger partial charge >= 0.3 is 11.9 Å². The number of ether oxygens (including phenoxy) is 2. The molecule has 0 aliphatic heterocycles. The number of benzene rings is 1. The highest BCUT2D eigenvalue weighted by Crippen LogP contribution is 2.24. The summed E-state index contributed by atoms with van der Waals surface area (Å²) in [5, 5.41) is 12.1. The standard InChI is InChI=1S/C13H15NO6/c1-19-12(17)6-5-11(16)14-9-4-3-8(7-10(9)15)13(18)20-2/h3-4,7,15H,5-6H2,1-2H3,(H,14,16). The van der Waals surface area contributed by atoms with Crippen LogP contribution in [0.25, 0.3) is 0 Å². The van der Waals surface area contributed by atoms with E-state index in [1.54, 1.807) is 0 Å². The molecule has 2 N–H and O–H groups in total. The predicted octanol–water partition coefficient (Wildman–Crippen LogP) is 1.07. The molecule has 0 aliphatic rings. The van der Waals surface area contributed by atoms with E-state index in [1.807, 2.05) is 0 Å². The Kier molecular flexibility index (Phi) is 5.52. The molecule has 0 saturated carbocycles. The van der Waals surface area contributed by atoms with Gasteiger partial charge in [-0.2, -0.15) is 0 Å². The van der Waals surface area contributed by atoms with Crippen molar-refractivity contribution in [3.63, 3.8) is 0 Å². The summed E-state index contributed by atoms with van der Waals surface area (Å²) in [6.07, 6.45) is -0.117. The molecule has 108 valence electrons. The van der Waals surface area contributed by atoms with Crippen LogP contribution in [0.4, 0.5) is 5.69 Å². The van der Waals surface area contributed by atoms with Crippen LogP contribution in [-0.2, 0) is 19.1 Å². The van der Waals surface area contributed by atoms with E-state index in [4.69, 9.17) is 0 Å². The second-order valence-corrected chi connectivity index (χ2v) is 3.85. The number of phenols is 1. The fourth-order valence-corrected chi connectivity index (χ4v) is 1.41. The maximum Gasteiger partial charge on any atom is 0.337 e. The smallest absolute Gasteiger partial charge is 0.337 e. The SMILES string of the molecule is COC(=O)CCC(=O)Nc1ccc(C(=O)OC)cc1O. The number of carbonyl (C=O) groups is 3. The van der Waals surface area contributed by atoms with Crippen LogP contribution in [0, 0.1) is 0 Å². The number of amides is 1. The fourth-order valence-electron chi connectivity index (χ4n) is 1.41. The van der Waals surface area contributed by atoms with Gasteiger partial charge in [0.2, 0.25) is 5.91 Å². The van der Waals surface area contributed by atoms with Gasteiger partial charge in [0, 0.05) is 6.42 Å². The van der Waals surface area contributed by atoms with E-state index in [0.717, 1.165) is 0 Å². The zero-order valence-electron chi connectivity index (χ0n) is 11.1. The van der Waals surface area contributed by atoms with Crippen molar-refractivity contribution in [2.45, 2.75) is 12.8 Å². The number of phenolic OH excluding ortho intramolecular Hbond substituents is 1. The monoisotopic (exact) mass is 281 g/mol. The van der Waals surface area contributed by atoms with Gasteiger partial charge in [-0.15, -0.1) is 0 Å². The Morgan fingerprint density at radius 1 is 1.15 bits per heavy atom. The van der Waals surface area contributed by atoms with Crippen molar-refractivity contribution in [3.05, 3.63) is 23.8 Å². The maximum atomic E-state index is 11.5. The van der Waals surface area contributed by atoms with Gasteiger partial charge in [-0.05, 0) is 18.2 Å². The zero-order valence-corrected chi connectivity index (χ0v) is 11.1. The van der Waals surface area contributed by atoms with Gasteiger partial charge in [0.05, 0.1) is 31.9 Å². The molecule has 0 atom stereocenters. The molecule has 0 saturated heterocycles. The van der Waals surface area contributed by atoms with Crippen LogP contribution < -0.4 is 5.32 Å². The summed E-state index contributed by atoms with van der Waals surface area (Å²) < 4.78 is 8.91. The summed E-state index contributed by atoms with van der Waals surface area (Å²) in [6, 6.07) is 3.96. The third kappa shape index (κ3) is 4.27. The van der Waals surface area contributed by atoms with Crippen LogP contribution >= 0.6 is 0 Å². The van der Waals surface area contributed by atoms with Crippen molar-refractivity contribution in [2.24, 2.45) is 0 Å². The largest absolute Gasteiger partial charge is 0.506 e. The number of nitrogens with one attached hydrogen (secondary N) is 1. The quantitative estimate of drug-likeness (QED) is 0.618. The van der Waals surface area contributed by atoms with E-state index >= 15 is 0 Å². The number of esters is 2. The molecule has 0 spiro atoms. The molecule has 7 nitrogen and oxygen atoms in total. The molecule has 1 amide bonds. The van der Waals surface area contributed by atoms with Crippen LogP contribution in [0.3, 0.4) is 0 Å². The van der Waals surface area contributed by atoms with Crippen LogP contribution in [0.2, 0.25) is 0 Å². The van der Waals surface area contributed by atoms with E-state index in [2.05, 4.69) is 14.8 Å². The molecule has 1 aromatic rings. The number of anilines is 1. The van der Waals surface area contributed by atoms with E-state index in [9.17, 15) is 19.5 Å². The Balaban J connectivity index is 2.66. The summed E-state index contributed by atoms with van der Waals surface area (Å²) in [4.78, 5) is 33.7. The minimum atomic E-state index is -0.594. The predicted molar refractivity (Wildman–Crippen MR) is 69.3 cm³/mol. The van der Waals surface area contributed by atoms with Gasteiger partial charge in [0.1, 0.15) is 5.75 Å². The molecule has 20 heavy (non-hydrogen) atoms. The normalized spacial score (nSPS) is 9.70. The van der Waals surface area contributed by atoms with E-state index in [0.29, 0.717) is 0 Å². The van der Waals surface area contributed by atoms with Gasteiger partial charge in [-0.3, -0.25) is 9.59 Å². The highest BCUT2D eigenvalue weighted by Gasteiger charge is 2.12. The van der Waals surface area contributed by atoms with Gasteiger partial charge in [-0.1, -0.05) is 0 Å². The Labute approximate surface area is 115 Å². The molecule has 0 aromatic heterocycles. The van der Waals surface area contributed by atoms with Crippen LogP contribution in [-0.4, -0.2) is 37.2 Å². The summed E-state index contributed by atoms with van der Waals surface area (Å²) in [5.74, 6) is -1.80. The molecule has 0 aliphatic carbocycles. The maximum absolute atomic E-state index is 11.5. The number of methoxy groups -OCH3 is 2. The first-order valence-electron chi connectivity index (χ1n) is 5.76. The van der Waals surface area contributed by atoms with Gasteiger partial charge in [-0.25, -0.2) is 4.79 Å². The van der Waals surface area contributed by atoms with Crippen molar-refractivity contribution >= 4 is 23.5 Å². The molecule has 1 aromatic carbocycles. The number of rotatable bonds is 5. The van der Waals surface area contributed by atoms with Crippen LogP contribution in [0.5, 0.6) is 5.75 Å². The lowest BCUT2D eigenvalue weighted by atomic mass is 10.2. The molecule has 7 heteroatoms. The van der Waals surface area contributed by atoms with E-state index in [1.165, 1.54) is 32.4 Å². The Morgan fingerprint density at radius 2 is 1.85 bits per heavy atom. The Bertz CT molecular complexity index is 526. The summed E-state index contributed by atoms with van der Waals surface area (Å²) in [7, 11) is 2.46.